The van der Waals surface area contributed by atoms with Crippen LogP contribution in [0, 0.1) is 0 Å². The first kappa shape index (κ1) is 29.6. The second-order valence-corrected chi connectivity index (χ2v) is 8.42. The number of aryl methyl sites for hydroxylation is 1. The molecular formula is C32H46O2. The van der Waals surface area contributed by atoms with E-state index < -0.39 is 0 Å². The van der Waals surface area contributed by atoms with Crippen LogP contribution < -0.4 is 0 Å². The van der Waals surface area contributed by atoms with E-state index in [-0.39, 0.29) is 11.9 Å². The van der Waals surface area contributed by atoms with Crippen molar-refractivity contribution in [2.45, 2.75) is 90.6 Å². The average molecular weight is 463 g/mol. The molecule has 186 valence electrons. The number of allylic oxidation sites excluding steroid dienone is 10. The number of unbranched alkanes of at least 4 members (excludes halogenated alkanes) is 2. The van der Waals surface area contributed by atoms with E-state index in [9.17, 15) is 4.79 Å². The Labute approximate surface area is 209 Å². The SMILES string of the molecule is CC/C=C\C/C=C\C/C=C\C/C=C\C/C=C\CCCCOC(CC)C(=O)CCc1ccccc1. The van der Waals surface area contributed by atoms with Crippen molar-refractivity contribution >= 4 is 5.78 Å². The van der Waals surface area contributed by atoms with Crippen molar-refractivity contribution in [3.63, 3.8) is 0 Å². The number of ether oxygens (including phenoxy) is 1. The predicted octanol–water partition coefficient (Wildman–Crippen LogP) is 8.91. The quantitative estimate of drug-likeness (QED) is 0.143. The van der Waals surface area contributed by atoms with E-state index in [0.717, 1.165) is 64.2 Å². The molecule has 1 atom stereocenters. The monoisotopic (exact) mass is 462 g/mol. The van der Waals surface area contributed by atoms with Crippen molar-refractivity contribution in [1.82, 2.24) is 0 Å². The number of rotatable bonds is 20. The lowest BCUT2D eigenvalue weighted by Gasteiger charge is -2.15. The second-order valence-electron chi connectivity index (χ2n) is 8.42. The highest BCUT2D eigenvalue weighted by atomic mass is 16.5. The zero-order valence-corrected chi connectivity index (χ0v) is 21.5. The minimum absolute atomic E-state index is 0.226. The normalized spacial score (nSPS) is 13.4. The molecular weight excluding hydrogens is 416 g/mol. The third kappa shape index (κ3) is 17.1. The standard InChI is InChI=1S/C32H46O2/c1-3-5-6-7-8-9-10-11-12-13-14-15-16-17-18-19-20-24-29-34-32(4-2)31(33)28-27-30-25-22-21-23-26-30/h5-6,8-9,11-12,14-15,17-18,21-23,25-26,32H,3-4,7,10,13,16,19-20,24,27-29H2,1-2H3/b6-5-,9-8-,12-11-,15-14-,18-17-. The van der Waals surface area contributed by atoms with Crippen LogP contribution in [0.1, 0.15) is 83.6 Å². The number of benzene rings is 1. The molecule has 0 aliphatic carbocycles. The summed E-state index contributed by atoms with van der Waals surface area (Å²) >= 11 is 0. The Morgan fingerprint density at radius 1 is 0.765 bits per heavy atom. The fourth-order valence-electron chi connectivity index (χ4n) is 3.47. The van der Waals surface area contributed by atoms with E-state index in [4.69, 9.17) is 4.74 Å². The van der Waals surface area contributed by atoms with Gasteiger partial charge in [0.25, 0.3) is 0 Å². The summed E-state index contributed by atoms with van der Waals surface area (Å²) in [5.41, 5.74) is 1.21. The Morgan fingerprint density at radius 3 is 1.88 bits per heavy atom. The minimum Gasteiger partial charge on any atom is -0.370 e. The van der Waals surface area contributed by atoms with Gasteiger partial charge < -0.3 is 4.74 Å². The molecule has 0 saturated heterocycles. The first-order chi connectivity index (χ1) is 16.8. The summed E-state index contributed by atoms with van der Waals surface area (Å²) in [6.07, 6.45) is 32.4. The van der Waals surface area contributed by atoms with Gasteiger partial charge >= 0.3 is 0 Å². The van der Waals surface area contributed by atoms with Gasteiger partial charge in [-0.05, 0) is 69.8 Å². The maximum atomic E-state index is 12.4. The van der Waals surface area contributed by atoms with Crippen LogP contribution in [0.5, 0.6) is 0 Å². The summed E-state index contributed by atoms with van der Waals surface area (Å²) in [6, 6.07) is 10.2. The molecule has 0 aliphatic heterocycles. The molecule has 1 unspecified atom stereocenters. The summed E-state index contributed by atoms with van der Waals surface area (Å²) < 4.78 is 5.87. The maximum absolute atomic E-state index is 12.4. The summed E-state index contributed by atoms with van der Waals surface area (Å²) in [5, 5.41) is 0. The third-order valence-corrected chi connectivity index (χ3v) is 5.47. The molecule has 0 saturated carbocycles. The van der Waals surface area contributed by atoms with Gasteiger partial charge in [0.2, 0.25) is 0 Å². The van der Waals surface area contributed by atoms with Crippen molar-refractivity contribution in [2.24, 2.45) is 0 Å². The van der Waals surface area contributed by atoms with Crippen LogP contribution in [0.4, 0.5) is 0 Å². The van der Waals surface area contributed by atoms with Gasteiger partial charge in [-0.2, -0.15) is 0 Å². The van der Waals surface area contributed by atoms with Crippen LogP contribution in [0.2, 0.25) is 0 Å². The van der Waals surface area contributed by atoms with Gasteiger partial charge in [0.05, 0.1) is 0 Å². The second kappa shape index (κ2) is 22.3. The number of carbonyl (C=O) groups excluding carboxylic acids is 1. The van der Waals surface area contributed by atoms with Crippen molar-refractivity contribution in [2.75, 3.05) is 6.61 Å². The number of ketones is 1. The smallest absolute Gasteiger partial charge is 0.161 e. The molecule has 34 heavy (non-hydrogen) atoms. The van der Waals surface area contributed by atoms with Gasteiger partial charge in [0.15, 0.2) is 5.78 Å². The van der Waals surface area contributed by atoms with E-state index in [1.54, 1.807) is 0 Å². The van der Waals surface area contributed by atoms with E-state index >= 15 is 0 Å². The minimum atomic E-state index is -0.252. The van der Waals surface area contributed by atoms with Gasteiger partial charge in [-0.15, -0.1) is 0 Å². The predicted molar refractivity (Wildman–Crippen MR) is 148 cm³/mol. The summed E-state index contributed by atoms with van der Waals surface area (Å²) in [7, 11) is 0. The van der Waals surface area contributed by atoms with E-state index in [2.05, 4.69) is 79.8 Å². The maximum Gasteiger partial charge on any atom is 0.161 e. The van der Waals surface area contributed by atoms with Crippen LogP contribution in [0.3, 0.4) is 0 Å². The summed E-state index contributed by atoms with van der Waals surface area (Å²) in [5.74, 6) is 0.226. The molecule has 0 heterocycles. The Hall–Kier alpha value is -2.45. The van der Waals surface area contributed by atoms with Crippen LogP contribution in [0.15, 0.2) is 91.1 Å². The molecule has 2 nitrogen and oxygen atoms in total. The van der Waals surface area contributed by atoms with Crippen LogP contribution in [-0.2, 0) is 16.0 Å². The third-order valence-electron chi connectivity index (χ3n) is 5.47. The lowest BCUT2D eigenvalue weighted by atomic mass is 10.0. The largest absolute Gasteiger partial charge is 0.370 e. The van der Waals surface area contributed by atoms with Gasteiger partial charge in [0.1, 0.15) is 6.10 Å². The van der Waals surface area contributed by atoms with Crippen LogP contribution in [-0.4, -0.2) is 18.5 Å². The molecule has 0 N–H and O–H groups in total. The highest BCUT2D eigenvalue weighted by Gasteiger charge is 2.16. The Bertz CT molecular complexity index is 752. The molecule has 0 amide bonds. The average Bonchev–Trinajstić information content (AvgIpc) is 2.87. The van der Waals surface area contributed by atoms with Crippen molar-refractivity contribution < 1.29 is 9.53 Å². The molecule has 1 aromatic carbocycles. The topological polar surface area (TPSA) is 26.3 Å². The lowest BCUT2D eigenvalue weighted by Crippen LogP contribution is -2.24. The van der Waals surface area contributed by atoms with Crippen molar-refractivity contribution in [3.05, 3.63) is 96.7 Å². The zero-order chi connectivity index (χ0) is 24.5. The molecule has 1 rings (SSSR count). The first-order valence-corrected chi connectivity index (χ1v) is 13.2. The highest BCUT2D eigenvalue weighted by molar-refractivity contribution is 5.83. The van der Waals surface area contributed by atoms with Crippen LogP contribution >= 0.6 is 0 Å². The number of Topliss-reactive ketones (excluding diaryl/α,β-unsaturated/α-hetero) is 1. The molecule has 0 spiro atoms. The van der Waals surface area contributed by atoms with Crippen LogP contribution in [0.25, 0.3) is 0 Å². The molecule has 0 aromatic heterocycles. The summed E-state index contributed by atoms with van der Waals surface area (Å²) in [6.45, 7) is 4.85. The Morgan fingerprint density at radius 2 is 1.32 bits per heavy atom. The zero-order valence-electron chi connectivity index (χ0n) is 21.5. The van der Waals surface area contributed by atoms with E-state index in [1.165, 1.54) is 5.56 Å². The number of carbonyl (C=O) groups is 1. The summed E-state index contributed by atoms with van der Waals surface area (Å²) in [4.78, 5) is 12.4. The van der Waals surface area contributed by atoms with Crippen molar-refractivity contribution in [3.8, 4) is 0 Å². The molecule has 1 aromatic rings. The Balaban J connectivity index is 2.01. The van der Waals surface area contributed by atoms with E-state index in [1.807, 2.05) is 25.1 Å². The number of hydrogen-bond acceptors (Lipinski definition) is 2. The highest BCUT2D eigenvalue weighted by Crippen LogP contribution is 2.09. The van der Waals surface area contributed by atoms with Gasteiger partial charge in [0, 0.05) is 13.0 Å². The Kier molecular flexibility index (Phi) is 19.4. The lowest BCUT2D eigenvalue weighted by molar-refractivity contribution is -0.130. The molecule has 0 radical (unpaired) electrons. The first-order valence-electron chi connectivity index (χ1n) is 13.2. The van der Waals surface area contributed by atoms with Gasteiger partial charge in [-0.25, -0.2) is 0 Å². The molecule has 0 bridgehead atoms. The number of hydrogen-bond donors (Lipinski definition) is 0. The molecule has 2 heteroatoms. The fraction of sp³-hybridized carbons (Fsp3) is 0.469. The van der Waals surface area contributed by atoms with E-state index in [0.29, 0.717) is 13.0 Å². The fourth-order valence-corrected chi connectivity index (χ4v) is 3.47. The molecule has 0 fully saturated rings. The van der Waals surface area contributed by atoms with Gasteiger partial charge in [-0.3, -0.25) is 4.79 Å². The molecule has 0 aliphatic rings. The van der Waals surface area contributed by atoms with Gasteiger partial charge in [-0.1, -0.05) is 105 Å². The van der Waals surface area contributed by atoms with Crippen molar-refractivity contribution in [1.29, 1.82) is 0 Å².